The standard InChI is InChI=1S/C32H30Cl4N2O3/c1-3-37-11-7-5-9-17-13-19-23(15-21(17)37)41-24-16-22-18(10-6-8-12-38(22)4-2)14-20(24)25(19)26-27(32(39)40)29(34)31(36)30(35)28(26)33/h13-16H,3-12H2,1-2H3. The summed E-state index contributed by atoms with van der Waals surface area (Å²) < 4.78 is 9.05. The van der Waals surface area contributed by atoms with Crippen molar-refractivity contribution in [2.75, 3.05) is 31.1 Å². The molecule has 3 heterocycles. The van der Waals surface area contributed by atoms with E-state index >= 15 is 0 Å². The second kappa shape index (κ2) is 11.3. The number of fused-ring (bicyclic) bond motifs is 4. The number of aromatic carboxylic acids is 1. The number of carboxylic acid groups (broad SMARTS) is 1. The van der Waals surface area contributed by atoms with Crippen molar-refractivity contribution in [2.45, 2.75) is 52.4 Å². The Hall–Kier alpha value is -2.44. The molecule has 5 nitrogen and oxygen atoms in total. The van der Waals surface area contributed by atoms with Gasteiger partial charge in [-0.05, 0) is 63.6 Å². The highest BCUT2D eigenvalue weighted by Gasteiger charge is 2.31. The van der Waals surface area contributed by atoms with Crippen LogP contribution in [0.1, 0.15) is 72.1 Å². The lowest BCUT2D eigenvalue weighted by atomic mass is 9.87. The van der Waals surface area contributed by atoms with Gasteiger partial charge in [-0.1, -0.05) is 46.4 Å². The molecular weight excluding hydrogens is 602 g/mol. The number of aryl methyl sites for hydroxylation is 2. The third kappa shape index (κ3) is 4.79. The maximum atomic E-state index is 12.6. The van der Waals surface area contributed by atoms with Gasteiger partial charge >= 0.3 is 0 Å². The summed E-state index contributed by atoms with van der Waals surface area (Å²) in [5.41, 5.74) is 4.75. The van der Waals surface area contributed by atoms with Gasteiger partial charge in [-0.2, -0.15) is 0 Å². The third-order valence-corrected chi connectivity index (χ3v) is 10.3. The minimum atomic E-state index is -1.48. The predicted octanol–water partition coefficient (Wildman–Crippen LogP) is 6.03. The van der Waals surface area contributed by atoms with Crippen molar-refractivity contribution in [1.29, 1.82) is 0 Å². The number of ether oxygens (including phenoxy) is 1. The molecule has 214 valence electrons. The zero-order valence-corrected chi connectivity index (χ0v) is 26.0. The molecule has 0 aromatic heterocycles. The molecule has 0 bridgehead atoms. The van der Waals surface area contributed by atoms with Crippen molar-refractivity contribution >= 4 is 63.6 Å². The van der Waals surface area contributed by atoms with Crippen LogP contribution in [0.2, 0.25) is 20.1 Å². The van der Waals surface area contributed by atoms with E-state index in [-0.39, 0.29) is 31.2 Å². The average Bonchev–Trinajstić information content (AvgIpc) is 3.29. The number of halogens is 4. The van der Waals surface area contributed by atoms with Gasteiger partial charge in [0.1, 0.15) is 24.6 Å². The van der Waals surface area contributed by atoms with Gasteiger partial charge in [-0.25, -0.2) is 4.58 Å². The molecule has 0 saturated carbocycles. The number of hydrogen-bond donors (Lipinski definition) is 0. The number of hydrogen-bond acceptors (Lipinski definition) is 4. The third-order valence-electron chi connectivity index (χ3n) is 8.53. The molecule has 0 fully saturated rings. The zero-order valence-electron chi connectivity index (χ0n) is 23.0. The van der Waals surface area contributed by atoms with Crippen molar-refractivity contribution in [2.24, 2.45) is 0 Å². The Morgan fingerprint density at radius 3 is 2.37 bits per heavy atom. The largest absolute Gasteiger partial charge is 0.545 e. The monoisotopic (exact) mass is 630 g/mol. The second-order valence-corrected chi connectivity index (χ2v) is 12.3. The van der Waals surface area contributed by atoms with E-state index in [0.29, 0.717) is 17.1 Å². The second-order valence-electron chi connectivity index (χ2n) is 10.8. The van der Waals surface area contributed by atoms with E-state index < -0.39 is 5.97 Å². The maximum absolute atomic E-state index is 12.6. The van der Waals surface area contributed by atoms with E-state index in [1.807, 2.05) is 0 Å². The van der Waals surface area contributed by atoms with Crippen molar-refractivity contribution in [3.63, 3.8) is 0 Å². The van der Waals surface area contributed by atoms with E-state index in [2.05, 4.69) is 47.6 Å². The fourth-order valence-corrected chi connectivity index (χ4v) is 7.53. The minimum absolute atomic E-state index is 0.000684. The lowest BCUT2D eigenvalue weighted by Crippen LogP contribution is -2.34. The first-order valence-electron chi connectivity index (χ1n) is 14.2. The van der Waals surface area contributed by atoms with Gasteiger partial charge in [0.05, 0.1) is 32.1 Å². The Bertz CT molecular complexity index is 1730. The highest BCUT2D eigenvalue weighted by Crippen LogP contribution is 2.48. The van der Waals surface area contributed by atoms with E-state index in [1.165, 1.54) is 11.1 Å². The molecular formula is C32H30Cl4N2O3. The minimum Gasteiger partial charge on any atom is -0.545 e. The molecule has 41 heavy (non-hydrogen) atoms. The Labute approximate surface area is 259 Å². The van der Waals surface area contributed by atoms with Gasteiger partial charge in [-0.15, -0.1) is 0 Å². The smallest absolute Gasteiger partial charge is 0.206 e. The summed E-state index contributed by atoms with van der Waals surface area (Å²) in [4.78, 5) is 15.0. The molecule has 0 saturated heterocycles. The normalized spacial score (nSPS) is 16.2. The fraction of sp³-hybridized carbons (Fsp3) is 0.375. The number of nitrogens with zero attached hydrogens (tertiary/aromatic N) is 2. The van der Waals surface area contributed by atoms with Crippen LogP contribution in [0.15, 0.2) is 24.3 Å². The number of carbonyl (C=O) groups excluding carboxylic acids is 1. The summed E-state index contributed by atoms with van der Waals surface area (Å²) >= 11 is 26.3. The molecule has 0 spiro atoms. The van der Waals surface area contributed by atoms with Crippen LogP contribution < -0.4 is 29.9 Å². The van der Waals surface area contributed by atoms with Crippen LogP contribution in [0.4, 0.5) is 5.69 Å². The van der Waals surface area contributed by atoms with Crippen molar-refractivity contribution < 1.29 is 14.6 Å². The maximum Gasteiger partial charge on any atom is 0.206 e. The van der Waals surface area contributed by atoms with Crippen molar-refractivity contribution in [3.8, 4) is 11.5 Å². The molecule has 3 aliphatic rings. The van der Waals surface area contributed by atoms with Gasteiger partial charge in [0.2, 0.25) is 5.36 Å². The lowest BCUT2D eigenvalue weighted by molar-refractivity contribution is -0.255. The Kier molecular flexibility index (Phi) is 7.92. The van der Waals surface area contributed by atoms with E-state index in [9.17, 15) is 9.90 Å². The first-order valence-corrected chi connectivity index (χ1v) is 15.7. The molecule has 3 aromatic rings. The predicted molar refractivity (Wildman–Crippen MR) is 165 cm³/mol. The van der Waals surface area contributed by atoms with Gasteiger partial charge < -0.3 is 19.5 Å². The first kappa shape index (κ1) is 28.7. The SMILES string of the molecule is CCN1CCCCc2cc3c(cc21)Oc1cc2c(cc1=C3c1c(Cl)c(Cl)c(Cl)c(Cl)c1C(=O)[O-])CCCC[N+]=2CC. The summed E-state index contributed by atoms with van der Waals surface area (Å²) in [5, 5.41) is 14.2. The van der Waals surface area contributed by atoms with Crippen LogP contribution in [0.25, 0.3) is 5.57 Å². The van der Waals surface area contributed by atoms with Gasteiger partial charge in [-0.3, -0.25) is 0 Å². The number of rotatable bonds is 4. The molecule has 0 atom stereocenters. The summed E-state index contributed by atoms with van der Waals surface area (Å²) in [5.74, 6) is -0.219. The molecule has 9 heteroatoms. The quantitative estimate of drug-likeness (QED) is 0.157. The highest BCUT2D eigenvalue weighted by molar-refractivity contribution is 6.53. The van der Waals surface area contributed by atoms with Crippen LogP contribution in [0, 0.1) is 0 Å². The average molecular weight is 632 g/mol. The zero-order chi connectivity index (χ0) is 29.0. The lowest BCUT2D eigenvalue weighted by Gasteiger charge is -2.29. The molecule has 6 rings (SSSR count). The van der Waals surface area contributed by atoms with Gasteiger partial charge in [0.25, 0.3) is 0 Å². The Balaban J connectivity index is 1.79. The molecule has 0 radical (unpaired) electrons. The molecule has 3 aliphatic heterocycles. The van der Waals surface area contributed by atoms with Crippen LogP contribution in [-0.2, 0) is 12.8 Å². The highest BCUT2D eigenvalue weighted by atomic mass is 35.5. The van der Waals surface area contributed by atoms with Crippen molar-refractivity contribution in [1.82, 2.24) is 4.58 Å². The Morgan fingerprint density at radius 1 is 0.902 bits per heavy atom. The van der Waals surface area contributed by atoms with E-state index in [4.69, 9.17) is 51.1 Å². The van der Waals surface area contributed by atoms with Crippen LogP contribution in [0.5, 0.6) is 11.5 Å². The van der Waals surface area contributed by atoms with Gasteiger partial charge in [0, 0.05) is 64.3 Å². The molecule has 0 amide bonds. The summed E-state index contributed by atoms with van der Waals surface area (Å²) in [6, 6.07) is 8.40. The number of anilines is 1. The molecule has 0 aliphatic carbocycles. The van der Waals surface area contributed by atoms with E-state index in [0.717, 1.165) is 86.5 Å². The topological polar surface area (TPSA) is 55.6 Å². The van der Waals surface area contributed by atoms with E-state index in [1.54, 1.807) is 0 Å². The van der Waals surface area contributed by atoms with Gasteiger partial charge in [0.15, 0.2) is 0 Å². The van der Waals surface area contributed by atoms with Crippen molar-refractivity contribution in [3.05, 3.63) is 82.7 Å². The molecule has 0 N–H and O–H groups in total. The summed E-state index contributed by atoms with van der Waals surface area (Å²) in [6.45, 7) is 8.00. The summed E-state index contributed by atoms with van der Waals surface area (Å²) in [6.07, 6.45) is 6.09. The molecule has 0 unspecified atom stereocenters. The van der Waals surface area contributed by atoms with Crippen LogP contribution in [-0.4, -0.2) is 32.1 Å². The van der Waals surface area contributed by atoms with Crippen LogP contribution in [0.3, 0.4) is 0 Å². The fourth-order valence-electron chi connectivity index (χ4n) is 6.50. The Morgan fingerprint density at radius 2 is 1.63 bits per heavy atom. The number of carboxylic acids is 1. The molecule has 3 aromatic carbocycles. The summed E-state index contributed by atoms with van der Waals surface area (Å²) in [7, 11) is 0. The van der Waals surface area contributed by atoms with Crippen LogP contribution >= 0.6 is 46.4 Å². The number of carbonyl (C=O) groups is 1. The number of benzene rings is 3. The first-order chi connectivity index (χ1) is 19.7.